The fraction of sp³-hybridized carbons (Fsp3) is 0.292. The molecule has 2 amide bonds. The van der Waals surface area contributed by atoms with Gasteiger partial charge in [0.2, 0.25) is 0 Å². The lowest BCUT2D eigenvalue weighted by atomic mass is 10.1. The van der Waals surface area contributed by atoms with Crippen molar-refractivity contribution < 1.29 is 32.6 Å². The molecule has 3 rings (SSSR count). The van der Waals surface area contributed by atoms with Crippen LogP contribution in [0.2, 0.25) is 15.1 Å². The van der Waals surface area contributed by atoms with Crippen LogP contribution in [0, 0.1) is 0 Å². The largest absolute Gasteiger partial charge is 0.491 e. The van der Waals surface area contributed by atoms with Gasteiger partial charge >= 0.3 is 0 Å². The number of hydrogen-bond acceptors (Lipinski definition) is 10. The number of ether oxygens (including phenoxy) is 2. The van der Waals surface area contributed by atoms with Gasteiger partial charge in [-0.3, -0.25) is 14.5 Å². The summed E-state index contributed by atoms with van der Waals surface area (Å²) in [7, 11) is 0.320. The molecular formula is C24H25Cl3N4O7S2. The highest BCUT2D eigenvalue weighted by molar-refractivity contribution is 7.72. The van der Waals surface area contributed by atoms with Crippen molar-refractivity contribution in [2.45, 2.75) is 19.3 Å². The Morgan fingerprint density at radius 3 is 2.55 bits per heavy atom. The average Bonchev–Trinajstić information content (AvgIpc) is 3.25. The lowest BCUT2D eigenvalue weighted by Crippen LogP contribution is -2.21. The van der Waals surface area contributed by atoms with Crippen molar-refractivity contribution in [2.24, 2.45) is 0 Å². The minimum atomic E-state index is -2.62. The summed E-state index contributed by atoms with van der Waals surface area (Å²) in [6.45, 7) is 0.168. The van der Waals surface area contributed by atoms with Gasteiger partial charge in [0.15, 0.2) is 17.0 Å². The van der Waals surface area contributed by atoms with Gasteiger partial charge in [-0.2, -0.15) is 0 Å². The molecule has 0 saturated heterocycles. The fourth-order valence-corrected chi connectivity index (χ4v) is 5.43. The molecular weight excluding hydrogens is 627 g/mol. The highest BCUT2D eigenvalue weighted by Crippen LogP contribution is 2.36. The molecule has 0 saturated carbocycles. The zero-order valence-corrected chi connectivity index (χ0v) is 25.1. The minimum Gasteiger partial charge on any atom is -0.491 e. The Morgan fingerprint density at radius 1 is 1.15 bits per heavy atom. The number of amides is 2. The number of hydrogen-bond donors (Lipinski definition) is 4. The Hall–Kier alpha value is -2.49. The van der Waals surface area contributed by atoms with Gasteiger partial charge in [-0.25, -0.2) is 13.4 Å². The summed E-state index contributed by atoms with van der Waals surface area (Å²) < 4.78 is 32.6. The molecule has 16 heteroatoms. The van der Waals surface area contributed by atoms with E-state index in [1.807, 2.05) is 0 Å². The zero-order valence-electron chi connectivity index (χ0n) is 21.2. The summed E-state index contributed by atoms with van der Waals surface area (Å²) in [5.41, 5.74) is 0.523. The van der Waals surface area contributed by atoms with Gasteiger partial charge < -0.3 is 25.2 Å². The van der Waals surface area contributed by atoms with Gasteiger partial charge in [-0.15, -0.1) is 11.3 Å². The van der Waals surface area contributed by atoms with E-state index in [0.717, 1.165) is 11.3 Å². The second-order valence-electron chi connectivity index (χ2n) is 8.32. The van der Waals surface area contributed by atoms with Crippen LogP contribution in [-0.2, 0) is 22.0 Å². The second-order valence-corrected chi connectivity index (χ2v) is 11.4. The first-order valence-electron chi connectivity index (χ1n) is 11.5. The number of thiol groups is 1. The number of carbonyl (C=O) groups excluding carboxylic acids is 2. The normalized spacial score (nSPS) is 12.0. The van der Waals surface area contributed by atoms with E-state index in [1.165, 1.54) is 36.4 Å². The van der Waals surface area contributed by atoms with Gasteiger partial charge in [0.1, 0.15) is 16.4 Å². The van der Waals surface area contributed by atoms with Gasteiger partial charge in [0.25, 0.3) is 11.8 Å². The minimum absolute atomic E-state index is 0.000688. The lowest BCUT2D eigenvalue weighted by molar-refractivity contribution is -0.0834. The van der Waals surface area contributed by atoms with Crippen LogP contribution in [0.1, 0.15) is 32.0 Å². The smallest absolute Gasteiger partial charge is 0.267 e. The number of carbonyl (C=O) groups is 2. The first kappa shape index (κ1) is 32.0. The third-order valence-electron chi connectivity index (χ3n) is 5.22. The third-order valence-corrected chi connectivity index (χ3v) is 7.94. The molecule has 0 aliphatic heterocycles. The van der Waals surface area contributed by atoms with Crippen LogP contribution < -0.4 is 15.4 Å². The number of pyridine rings is 1. The Kier molecular flexibility index (Phi) is 12.0. The fourth-order valence-electron chi connectivity index (χ4n) is 3.37. The van der Waals surface area contributed by atoms with Crippen LogP contribution >= 0.6 is 46.1 Å². The summed E-state index contributed by atoms with van der Waals surface area (Å²) in [4.78, 5) is 32.3. The Labute approximate surface area is 250 Å². The number of halogens is 3. The van der Waals surface area contributed by atoms with Crippen molar-refractivity contribution in [3.63, 3.8) is 0 Å². The molecule has 11 nitrogen and oxygen atoms in total. The molecule has 216 valence electrons. The average molecular weight is 652 g/mol. The highest BCUT2D eigenvalue weighted by atomic mass is 35.5. The SMILES string of the molecule is COC(O)CCOc1cc(Cl)cc(C(=O)Nc2ccc(Cl)cn2)c1NC(=O)c1scc(CN(C)C[SH](=O)=O)c1Cl. The van der Waals surface area contributed by atoms with Crippen LogP contribution in [0.3, 0.4) is 0 Å². The topological polar surface area (TPSA) is 147 Å². The maximum atomic E-state index is 13.3. The third kappa shape index (κ3) is 9.01. The van der Waals surface area contributed by atoms with E-state index in [4.69, 9.17) is 44.3 Å². The van der Waals surface area contributed by atoms with Crippen LogP contribution in [0.5, 0.6) is 5.75 Å². The summed E-state index contributed by atoms with van der Waals surface area (Å²) in [5, 5.41) is 17.3. The van der Waals surface area contributed by atoms with Gasteiger partial charge in [-0.1, -0.05) is 34.8 Å². The number of rotatable bonds is 13. The first-order chi connectivity index (χ1) is 19.0. The maximum Gasteiger partial charge on any atom is 0.267 e. The van der Waals surface area contributed by atoms with Crippen molar-refractivity contribution in [1.29, 1.82) is 0 Å². The number of thiophene rings is 1. The predicted octanol–water partition coefficient (Wildman–Crippen LogP) is 4.34. The zero-order chi connectivity index (χ0) is 29.4. The number of methoxy groups -OCH3 is 1. The molecule has 3 N–H and O–H groups in total. The van der Waals surface area contributed by atoms with E-state index in [9.17, 15) is 23.1 Å². The molecule has 1 unspecified atom stereocenters. The maximum absolute atomic E-state index is 13.3. The number of aromatic nitrogens is 1. The number of nitrogens with one attached hydrogen (secondary N) is 2. The van der Waals surface area contributed by atoms with Crippen LogP contribution in [0.4, 0.5) is 11.5 Å². The summed E-state index contributed by atoms with van der Waals surface area (Å²) in [6.07, 6.45) is 0.364. The van der Waals surface area contributed by atoms with E-state index in [0.29, 0.717) is 10.6 Å². The molecule has 3 aromatic rings. The van der Waals surface area contributed by atoms with E-state index >= 15 is 0 Å². The molecule has 0 spiro atoms. The predicted molar refractivity (Wildman–Crippen MR) is 156 cm³/mol. The summed E-state index contributed by atoms with van der Waals surface area (Å²) >= 11 is 19.7. The Morgan fingerprint density at radius 2 is 1.90 bits per heavy atom. The molecule has 2 heterocycles. The van der Waals surface area contributed by atoms with E-state index in [1.54, 1.807) is 18.5 Å². The van der Waals surface area contributed by atoms with Crippen molar-refractivity contribution in [3.8, 4) is 5.75 Å². The molecule has 1 aromatic carbocycles. The van der Waals surface area contributed by atoms with Crippen LogP contribution in [0.25, 0.3) is 0 Å². The molecule has 0 aliphatic carbocycles. The monoisotopic (exact) mass is 650 g/mol. The van der Waals surface area contributed by atoms with E-state index < -0.39 is 28.8 Å². The van der Waals surface area contributed by atoms with Crippen LogP contribution in [0.15, 0.2) is 35.8 Å². The quantitative estimate of drug-likeness (QED) is 0.157. The molecule has 0 radical (unpaired) electrons. The lowest BCUT2D eigenvalue weighted by Gasteiger charge is -2.18. The van der Waals surface area contributed by atoms with Crippen molar-refractivity contribution >= 4 is 80.2 Å². The van der Waals surface area contributed by atoms with Gasteiger partial charge in [0.05, 0.1) is 33.8 Å². The number of aliphatic hydroxyl groups is 1. The van der Waals surface area contributed by atoms with Crippen molar-refractivity contribution in [3.05, 3.63) is 66.9 Å². The molecule has 1 atom stereocenters. The van der Waals surface area contributed by atoms with Crippen molar-refractivity contribution in [2.75, 3.05) is 37.3 Å². The van der Waals surface area contributed by atoms with Crippen LogP contribution in [-0.4, -0.2) is 68.2 Å². The Bertz CT molecular complexity index is 1430. The van der Waals surface area contributed by atoms with Gasteiger partial charge in [-0.05, 0) is 36.2 Å². The molecule has 0 bridgehead atoms. The first-order valence-corrected chi connectivity index (χ1v) is 14.8. The summed E-state index contributed by atoms with van der Waals surface area (Å²) in [6, 6.07) is 5.80. The highest BCUT2D eigenvalue weighted by Gasteiger charge is 2.24. The molecule has 0 aliphatic rings. The van der Waals surface area contributed by atoms with Crippen molar-refractivity contribution in [1.82, 2.24) is 9.88 Å². The number of benzene rings is 1. The molecule has 0 fully saturated rings. The molecule has 2 aromatic heterocycles. The standard InChI is InChI=1S/C24H25Cl3N4O7S2/c1-31(12-40(35)36)10-13-11-39-22(20(13)27)24(34)30-21-16(23(33)29-18-4-3-14(25)9-28-18)7-15(26)8-17(21)38-6-5-19(32)37-2/h3-4,7-9,11,19,32,40H,5-6,10,12H2,1-2H3,(H,30,34)(H,28,29,33). The second kappa shape index (κ2) is 14.9. The number of aliphatic hydroxyl groups excluding tert-OH is 1. The van der Waals surface area contributed by atoms with Gasteiger partial charge in [0, 0.05) is 37.4 Å². The Balaban J connectivity index is 1.93. The number of nitrogens with zero attached hydrogens (tertiary/aromatic N) is 2. The summed E-state index contributed by atoms with van der Waals surface area (Å²) in [5.74, 6) is -1.20. The van der Waals surface area contributed by atoms with E-state index in [2.05, 4.69) is 15.6 Å². The van der Waals surface area contributed by atoms with E-state index in [-0.39, 0.29) is 63.2 Å². The molecule has 40 heavy (non-hydrogen) atoms. The number of anilines is 2.